The van der Waals surface area contributed by atoms with Crippen molar-refractivity contribution in [1.82, 2.24) is 25.3 Å². The third kappa shape index (κ3) is 3.10. The molecule has 17 heavy (non-hydrogen) atoms. The largest absolute Gasteiger partial charge is 0.311 e. The van der Waals surface area contributed by atoms with Crippen LogP contribution in [0.4, 0.5) is 0 Å². The highest BCUT2D eigenvalue weighted by Gasteiger charge is 2.20. The predicted octanol–water partition coefficient (Wildman–Crippen LogP) is 1.28. The van der Waals surface area contributed by atoms with E-state index in [0.29, 0.717) is 0 Å². The SMILES string of the molecule is c1ncc(Cn2cc(CNCC3CC3)nn2)s1. The number of hydrogen-bond acceptors (Lipinski definition) is 5. The lowest BCUT2D eigenvalue weighted by Crippen LogP contribution is -2.16. The molecular weight excluding hydrogens is 234 g/mol. The van der Waals surface area contributed by atoms with E-state index in [2.05, 4.69) is 20.6 Å². The van der Waals surface area contributed by atoms with Crippen LogP contribution >= 0.6 is 11.3 Å². The van der Waals surface area contributed by atoms with Crippen LogP contribution in [-0.4, -0.2) is 26.5 Å². The fraction of sp³-hybridized carbons (Fsp3) is 0.545. The van der Waals surface area contributed by atoms with Crippen LogP contribution < -0.4 is 5.32 Å². The van der Waals surface area contributed by atoms with E-state index in [4.69, 9.17) is 0 Å². The standard InChI is InChI=1S/C11H15N5S/c1-2-9(1)3-12-4-10-6-16(15-14-10)7-11-5-13-8-17-11/h5-6,8-9,12H,1-4,7H2. The van der Waals surface area contributed by atoms with E-state index in [1.807, 2.05) is 22.6 Å². The van der Waals surface area contributed by atoms with E-state index in [0.717, 1.165) is 31.2 Å². The molecule has 0 unspecified atom stereocenters. The Balaban J connectivity index is 1.50. The lowest BCUT2D eigenvalue weighted by molar-refractivity contribution is 0.627. The molecule has 5 nitrogen and oxygen atoms in total. The highest BCUT2D eigenvalue weighted by Crippen LogP contribution is 2.27. The van der Waals surface area contributed by atoms with Crippen molar-refractivity contribution in [3.63, 3.8) is 0 Å². The molecule has 1 fully saturated rings. The van der Waals surface area contributed by atoms with Crippen LogP contribution in [-0.2, 0) is 13.1 Å². The van der Waals surface area contributed by atoms with Gasteiger partial charge in [-0.3, -0.25) is 4.98 Å². The van der Waals surface area contributed by atoms with Gasteiger partial charge in [0.1, 0.15) is 0 Å². The first kappa shape index (κ1) is 10.9. The molecule has 0 saturated heterocycles. The van der Waals surface area contributed by atoms with Gasteiger partial charge in [0.05, 0.1) is 23.9 Å². The minimum atomic E-state index is 0.764. The first-order valence-electron chi connectivity index (χ1n) is 5.87. The Kier molecular flexibility index (Phi) is 3.15. The molecule has 0 spiro atoms. The summed E-state index contributed by atoms with van der Waals surface area (Å²) in [4.78, 5) is 5.25. The zero-order valence-corrected chi connectivity index (χ0v) is 10.4. The van der Waals surface area contributed by atoms with Crippen molar-refractivity contribution in [3.05, 3.63) is 28.5 Å². The van der Waals surface area contributed by atoms with Gasteiger partial charge in [0.25, 0.3) is 0 Å². The molecule has 1 aliphatic rings. The van der Waals surface area contributed by atoms with Crippen LogP contribution in [0.3, 0.4) is 0 Å². The van der Waals surface area contributed by atoms with Gasteiger partial charge in [-0.05, 0) is 25.3 Å². The Bertz CT molecular complexity index is 460. The van der Waals surface area contributed by atoms with Gasteiger partial charge in [0.15, 0.2) is 0 Å². The average Bonchev–Trinajstić information content (AvgIpc) is 2.83. The van der Waals surface area contributed by atoms with Crippen LogP contribution in [0.1, 0.15) is 23.4 Å². The van der Waals surface area contributed by atoms with Crippen molar-refractivity contribution in [2.24, 2.45) is 5.92 Å². The number of aromatic nitrogens is 4. The molecule has 6 heteroatoms. The van der Waals surface area contributed by atoms with Gasteiger partial charge < -0.3 is 5.32 Å². The monoisotopic (exact) mass is 249 g/mol. The number of hydrogen-bond donors (Lipinski definition) is 1. The molecule has 2 aromatic heterocycles. The Morgan fingerprint density at radius 3 is 3.18 bits per heavy atom. The highest BCUT2D eigenvalue weighted by molar-refractivity contribution is 7.09. The molecule has 0 aliphatic heterocycles. The third-order valence-electron chi connectivity index (χ3n) is 2.82. The van der Waals surface area contributed by atoms with E-state index in [1.165, 1.54) is 17.7 Å². The normalized spacial score (nSPS) is 15.3. The van der Waals surface area contributed by atoms with E-state index < -0.39 is 0 Å². The second-order valence-electron chi connectivity index (χ2n) is 4.45. The number of nitrogens with one attached hydrogen (secondary N) is 1. The topological polar surface area (TPSA) is 55.6 Å². The number of thiazole rings is 1. The van der Waals surface area contributed by atoms with Gasteiger partial charge >= 0.3 is 0 Å². The van der Waals surface area contributed by atoms with Crippen molar-refractivity contribution >= 4 is 11.3 Å². The predicted molar refractivity (Wildman–Crippen MR) is 65.7 cm³/mol. The van der Waals surface area contributed by atoms with Gasteiger partial charge in [0, 0.05) is 17.6 Å². The molecule has 90 valence electrons. The zero-order chi connectivity index (χ0) is 11.5. The molecule has 0 radical (unpaired) electrons. The summed E-state index contributed by atoms with van der Waals surface area (Å²) in [6, 6.07) is 0. The fourth-order valence-corrected chi connectivity index (χ4v) is 2.29. The molecule has 2 aromatic rings. The summed E-state index contributed by atoms with van der Waals surface area (Å²) in [6.07, 6.45) is 6.63. The van der Waals surface area contributed by atoms with E-state index in [-0.39, 0.29) is 0 Å². The first-order chi connectivity index (χ1) is 8.40. The maximum atomic E-state index is 4.15. The maximum absolute atomic E-state index is 4.15. The Hall–Kier alpha value is -1.27. The van der Waals surface area contributed by atoms with Crippen LogP contribution in [0.25, 0.3) is 0 Å². The van der Waals surface area contributed by atoms with Crippen LogP contribution in [0.5, 0.6) is 0 Å². The summed E-state index contributed by atoms with van der Waals surface area (Å²) < 4.78 is 1.86. The van der Waals surface area contributed by atoms with Crippen molar-refractivity contribution in [1.29, 1.82) is 0 Å². The van der Waals surface area contributed by atoms with Gasteiger partial charge in [-0.25, -0.2) is 4.68 Å². The molecule has 1 aliphatic carbocycles. The molecule has 3 rings (SSSR count). The summed E-state index contributed by atoms with van der Waals surface area (Å²) in [5, 5.41) is 11.7. The van der Waals surface area contributed by atoms with E-state index >= 15 is 0 Å². The first-order valence-corrected chi connectivity index (χ1v) is 6.75. The van der Waals surface area contributed by atoms with Crippen LogP contribution in [0.2, 0.25) is 0 Å². The summed E-state index contributed by atoms with van der Waals surface area (Å²) in [6.45, 7) is 2.70. The average molecular weight is 249 g/mol. The van der Waals surface area contributed by atoms with Gasteiger partial charge in [-0.2, -0.15) is 0 Å². The van der Waals surface area contributed by atoms with Gasteiger partial charge in [-0.1, -0.05) is 5.21 Å². The lowest BCUT2D eigenvalue weighted by atomic mass is 10.4. The van der Waals surface area contributed by atoms with Crippen LogP contribution in [0.15, 0.2) is 17.9 Å². The summed E-state index contributed by atoms with van der Waals surface area (Å²) in [5.74, 6) is 0.905. The summed E-state index contributed by atoms with van der Waals surface area (Å²) >= 11 is 1.64. The minimum absolute atomic E-state index is 0.764. The zero-order valence-electron chi connectivity index (χ0n) is 9.54. The van der Waals surface area contributed by atoms with Gasteiger partial charge in [0.2, 0.25) is 0 Å². The number of nitrogens with zero attached hydrogens (tertiary/aromatic N) is 4. The lowest BCUT2D eigenvalue weighted by Gasteiger charge is -1.98. The van der Waals surface area contributed by atoms with E-state index in [1.54, 1.807) is 11.3 Å². The van der Waals surface area contributed by atoms with Gasteiger partial charge in [-0.15, -0.1) is 16.4 Å². The van der Waals surface area contributed by atoms with Crippen molar-refractivity contribution in [3.8, 4) is 0 Å². The Labute approximate surface area is 104 Å². The second-order valence-corrected chi connectivity index (χ2v) is 5.42. The maximum Gasteiger partial charge on any atom is 0.0964 e. The minimum Gasteiger partial charge on any atom is -0.311 e. The van der Waals surface area contributed by atoms with E-state index in [9.17, 15) is 0 Å². The highest BCUT2D eigenvalue weighted by atomic mass is 32.1. The van der Waals surface area contributed by atoms with Crippen molar-refractivity contribution in [2.75, 3.05) is 6.54 Å². The second kappa shape index (κ2) is 4.93. The molecule has 1 N–H and O–H groups in total. The Morgan fingerprint density at radius 1 is 1.47 bits per heavy atom. The molecular formula is C11H15N5S. The molecule has 0 atom stereocenters. The molecule has 2 heterocycles. The van der Waals surface area contributed by atoms with Crippen LogP contribution in [0, 0.1) is 5.92 Å². The quantitative estimate of drug-likeness (QED) is 0.838. The van der Waals surface area contributed by atoms with Crippen molar-refractivity contribution in [2.45, 2.75) is 25.9 Å². The Morgan fingerprint density at radius 2 is 2.41 bits per heavy atom. The number of rotatable bonds is 6. The molecule has 0 amide bonds. The fourth-order valence-electron chi connectivity index (χ4n) is 1.70. The summed E-state index contributed by atoms with van der Waals surface area (Å²) in [7, 11) is 0. The third-order valence-corrected chi connectivity index (χ3v) is 3.59. The summed E-state index contributed by atoms with van der Waals surface area (Å²) in [5.41, 5.74) is 2.85. The smallest absolute Gasteiger partial charge is 0.0964 e. The van der Waals surface area contributed by atoms with Crippen molar-refractivity contribution < 1.29 is 0 Å². The molecule has 0 bridgehead atoms. The molecule has 1 saturated carbocycles. The molecule has 0 aromatic carbocycles.